The second-order valence-electron chi connectivity index (χ2n) is 6.07. The first-order valence-electron chi connectivity index (χ1n) is 8.44. The van der Waals surface area contributed by atoms with Crippen molar-refractivity contribution in [1.82, 2.24) is 9.55 Å². The number of aromatic nitrogens is 2. The molecule has 2 aromatic carbocycles. The molecule has 0 saturated heterocycles. The normalized spacial score (nSPS) is 15.5. The van der Waals surface area contributed by atoms with Gasteiger partial charge in [0.2, 0.25) is 0 Å². The number of imidazole rings is 1. The molecule has 5 nitrogen and oxygen atoms in total. The van der Waals surface area contributed by atoms with Gasteiger partial charge in [0.1, 0.15) is 16.6 Å². The van der Waals surface area contributed by atoms with Crippen LogP contribution >= 0.6 is 15.9 Å². The molecule has 136 valence electrons. The Labute approximate surface area is 163 Å². The Balaban J connectivity index is 2.08. The predicted molar refractivity (Wildman–Crippen MR) is 104 cm³/mol. The van der Waals surface area contributed by atoms with Crippen LogP contribution in [0.2, 0.25) is 0 Å². The summed E-state index contributed by atoms with van der Waals surface area (Å²) in [4.78, 5) is 20.0. The van der Waals surface area contributed by atoms with Gasteiger partial charge in [0.05, 0.1) is 17.1 Å². The summed E-state index contributed by atoms with van der Waals surface area (Å²) in [5, 5.41) is 9.63. The Morgan fingerprint density at radius 2 is 1.85 bits per heavy atom. The van der Waals surface area contributed by atoms with Crippen molar-refractivity contribution in [1.29, 1.82) is 0 Å². The summed E-state index contributed by atoms with van der Waals surface area (Å²) in [6.07, 6.45) is 0.545. The highest BCUT2D eigenvalue weighted by Crippen LogP contribution is 2.37. The molecule has 1 aliphatic heterocycles. The minimum Gasteiger partial charge on any atom is -0.476 e. The number of aliphatic imine (C=N–C) groups is 1. The average Bonchev–Trinajstić information content (AvgIpc) is 3.01. The molecular formula is C20H15BrFN3O2. The summed E-state index contributed by atoms with van der Waals surface area (Å²) < 4.78 is 16.3. The van der Waals surface area contributed by atoms with Crippen LogP contribution in [0.15, 0.2) is 53.5 Å². The largest absolute Gasteiger partial charge is 0.476 e. The maximum absolute atomic E-state index is 14.5. The van der Waals surface area contributed by atoms with E-state index in [1.54, 1.807) is 18.2 Å². The lowest BCUT2D eigenvalue weighted by molar-refractivity contribution is 0.0689. The Kier molecular flexibility index (Phi) is 4.39. The number of halogens is 2. The number of carbonyl (C=O) groups is 1. The van der Waals surface area contributed by atoms with Crippen molar-refractivity contribution in [3.8, 4) is 5.69 Å². The molecule has 1 aliphatic rings. The molecular weight excluding hydrogens is 413 g/mol. The molecule has 7 heteroatoms. The van der Waals surface area contributed by atoms with Gasteiger partial charge in [-0.1, -0.05) is 53.2 Å². The van der Waals surface area contributed by atoms with E-state index in [2.05, 4.69) is 25.9 Å². The third kappa shape index (κ3) is 2.78. The zero-order valence-electron chi connectivity index (χ0n) is 14.4. The molecule has 27 heavy (non-hydrogen) atoms. The maximum atomic E-state index is 14.5. The summed E-state index contributed by atoms with van der Waals surface area (Å²) in [6.45, 7) is 1.91. The standard InChI is InChI=1S/C20H15BrFN3O2/c1-2-15-23-17(20(26)27)18-19(21)24-16(11-7-3-5-9-13(11)22)12-8-4-6-10-14(12)25(15)18/h3-10,19H,2H2,1H3,(H,26,27). The minimum atomic E-state index is -1.12. The quantitative estimate of drug-likeness (QED) is 0.493. The fourth-order valence-electron chi connectivity index (χ4n) is 3.34. The van der Waals surface area contributed by atoms with Crippen LogP contribution in [-0.4, -0.2) is 26.3 Å². The van der Waals surface area contributed by atoms with Crippen molar-refractivity contribution < 1.29 is 14.3 Å². The van der Waals surface area contributed by atoms with Gasteiger partial charge in [0.15, 0.2) is 5.69 Å². The lowest BCUT2D eigenvalue weighted by atomic mass is 10.00. The molecule has 2 heterocycles. The zero-order chi connectivity index (χ0) is 19.1. The van der Waals surface area contributed by atoms with E-state index in [-0.39, 0.29) is 11.5 Å². The molecule has 1 unspecified atom stereocenters. The lowest BCUT2D eigenvalue weighted by Crippen LogP contribution is -2.10. The topological polar surface area (TPSA) is 67.5 Å². The van der Waals surface area contributed by atoms with Crippen molar-refractivity contribution in [2.45, 2.75) is 18.3 Å². The van der Waals surface area contributed by atoms with Gasteiger partial charge in [0.25, 0.3) is 0 Å². The van der Waals surface area contributed by atoms with E-state index >= 15 is 0 Å². The van der Waals surface area contributed by atoms with Crippen molar-refractivity contribution in [2.75, 3.05) is 0 Å². The van der Waals surface area contributed by atoms with Crippen LogP contribution in [0.3, 0.4) is 0 Å². The van der Waals surface area contributed by atoms with E-state index in [4.69, 9.17) is 0 Å². The molecule has 0 fully saturated rings. The zero-order valence-corrected chi connectivity index (χ0v) is 15.9. The number of hydrogen-bond donors (Lipinski definition) is 1. The van der Waals surface area contributed by atoms with Gasteiger partial charge in [-0.2, -0.15) is 0 Å². The highest BCUT2D eigenvalue weighted by Gasteiger charge is 2.32. The van der Waals surface area contributed by atoms with Crippen LogP contribution in [0.5, 0.6) is 0 Å². The fraction of sp³-hybridized carbons (Fsp3) is 0.150. The van der Waals surface area contributed by atoms with E-state index in [9.17, 15) is 14.3 Å². The van der Waals surface area contributed by atoms with Crippen LogP contribution in [0.25, 0.3) is 5.69 Å². The average molecular weight is 428 g/mol. The number of carboxylic acid groups (broad SMARTS) is 1. The third-order valence-electron chi connectivity index (χ3n) is 4.50. The summed E-state index contributed by atoms with van der Waals surface area (Å²) in [6, 6.07) is 13.9. The minimum absolute atomic E-state index is 0.0536. The maximum Gasteiger partial charge on any atom is 0.356 e. The number of nitrogens with zero attached hydrogens (tertiary/aromatic N) is 3. The van der Waals surface area contributed by atoms with Crippen LogP contribution in [0.4, 0.5) is 4.39 Å². The van der Waals surface area contributed by atoms with Gasteiger partial charge in [-0.25, -0.2) is 14.2 Å². The predicted octanol–water partition coefficient (Wildman–Crippen LogP) is 4.52. The van der Waals surface area contributed by atoms with Crippen LogP contribution in [-0.2, 0) is 6.42 Å². The number of carboxylic acids is 1. The summed E-state index contributed by atoms with van der Waals surface area (Å²) in [5.74, 6) is -0.890. The Morgan fingerprint density at radius 3 is 2.52 bits per heavy atom. The Bertz CT molecular complexity index is 1090. The molecule has 1 aromatic heterocycles. The SMILES string of the molecule is CCc1nc(C(=O)O)c2n1-c1ccccc1C(c1ccccc1F)=NC2Br. The van der Waals surface area contributed by atoms with Crippen molar-refractivity contribution in [2.24, 2.45) is 4.99 Å². The van der Waals surface area contributed by atoms with Crippen LogP contribution in [0, 0.1) is 5.82 Å². The van der Waals surface area contributed by atoms with Crippen LogP contribution < -0.4 is 0 Å². The van der Waals surface area contributed by atoms with E-state index in [1.807, 2.05) is 35.8 Å². The van der Waals surface area contributed by atoms with E-state index < -0.39 is 10.9 Å². The first-order chi connectivity index (χ1) is 13.0. The number of aryl methyl sites for hydroxylation is 1. The summed E-state index contributed by atoms with van der Waals surface area (Å²) >= 11 is 3.49. The fourth-order valence-corrected chi connectivity index (χ4v) is 3.97. The molecule has 0 saturated carbocycles. The highest BCUT2D eigenvalue weighted by atomic mass is 79.9. The second kappa shape index (κ2) is 6.74. The number of benzene rings is 2. The first kappa shape index (κ1) is 17.6. The van der Waals surface area contributed by atoms with Crippen molar-refractivity contribution >= 4 is 27.6 Å². The summed E-state index contributed by atoms with van der Waals surface area (Å²) in [5.41, 5.74) is 2.65. The molecule has 4 rings (SSSR count). The second-order valence-corrected chi connectivity index (χ2v) is 6.93. The number of fused-ring (bicyclic) bond motifs is 3. The number of alkyl halides is 1. The van der Waals surface area contributed by atoms with Gasteiger partial charge >= 0.3 is 5.97 Å². The van der Waals surface area contributed by atoms with Gasteiger partial charge in [-0.15, -0.1) is 0 Å². The van der Waals surface area contributed by atoms with Gasteiger partial charge in [-0.05, 0) is 18.2 Å². The van der Waals surface area contributed by atoms with Crippen molar-refractivity contribution in [3.05, 3.63) is 82.7 Å². The summed E-state index contributed by atoms with van der Waals surface area (Å²) in [7, 11) is 0. The van der Waals surface area contributed by atoms with Crippen molar-refractivity contribution in [3.63, 3.8) is 0 Å². The molecule has 0 aliphatic carbocycles. The lowest BCUT2D eigenvalue weighted by Gasteiger charge is -2.14. The first-order valence-corrected chi connectivity index (χ1v) is 9.35. The highest BCUT2D eigenvalue weighted by molar-refractivity contribution is 9.09. The number of rotatable bonds is 3. The molecule has 0 amide bonds. The molecule has 0 bridgehead atoms. The molecule has 1 atom stereocenters. The Morgan fingerprint density at radius 1 is 1.19 bits per heavy atom. The van der Waals surface area contributed by atoms with E-state index in [1.165, 1.54) is 6.07 Å². The van der Waals surface area contributed by atoms with E-state index in [0.29, 0.717) is 29.2 Å². The molecule has 0 spiro atoms. The third-order valence-corrected chi connectivity index (χ3v) is 5.14. The van der Waals surface area contributed by atoms with Gasteiger partial charge in [0, 0.05) is 17.5 Å². The molecule has 1 N–H and O–H groups in total. The smallest absolute Gasteiger partial charge is 0.356 e. The Hall–Kier alpha value is -2.80. The van der Waals surface area contributed by atoms with Gasteiger partial charge < -0.3 is 5.11 Å². The molecule has 3 aromatic rings. The van der Waals surface area contributed by atoms with Gasteiger partial charge in [-0.3, -0.25) is 9.56 Å². The van der Waals surface area contributed by atoms with Crippen LogP contribution in [0.1, 0.15) is 45.0 Å². The number of para-hydroxylation sites is 1. The van der Waals surface area contributed by atoms with E-state index in [0.717, 1.165) is 11.3 Å². The molecule has 0 radical (unpaired) electrons. The monoisotopic (exact) mass is 427 g/mol. The number of aromatic carboxylic acids is 1. The number of hydrogen-bond acceptors (Lipinski definition) is 3.